The van der Waals surface area contributed by atoms with Crippen molar-refractivity contribution >= 4 is 41.6 Å². The summed E-state index contributed by atoms with van der Waals surface area (Å²) in [5.41, 5.74) is 0.143. The Morgan fingerprint density at radius 3 is 2.52 bits per heavy atom. The van der Waals surface area contributed by atoms with Gasteiger partial charge in [-0.3, -0.25) is 4.79 Å². The van der Waals surface area contributed by atoms with Crippen molar-refractivity contribution in [1.82, 2.24) is 5.32 Å². The molecule has 1 N–H and O–H groups in total. The van der Waals surface area contributed by atoms with Gasteiger partial charge < -0.3 is 14.8 Å². The molecule has 1 unspecified atom stereocenters. The predicted molar refractivity (Wildman–Crippen MR) is 82.5 cm³/mol. The lowest BCUT2D eigenvalue weighted by molar-refractivity contribution is 0.0905. The minimum atomic E-state index is -4.05. The Bertz CT molecular complexity index is 635. The first kappa shape index (κ1) is 18.2. The van der Waals surface area contributed by atoms with Crippen LogP contribution in [0.2, 0.25) is 0 Å². The molecule has 1 atom stereocenters. The Labute approximate surface area is 136 Å². The third-order valence-corrected chi connectivity index (χ3v) is 4.45. The van der Waals surface area contributed by atoms with Crippen LogP contribution in [0, 0.1) is 0 Å². The van der Waals surface area contributed by atoms with Crippen LogP contribution in [0.15, 0.2) is 21.5 Å². The molecule has 0 bridgehead atoms. The lowest BCUT2D eigenvalue weighted by atomic mass is 10.2. The first-order valence-corrected chi connectivity index (χ1v) is 8.93. The maximum Gasteiger partial charge on any atom is 0.265 e. The Balaban J connectivity index is 3.22. The fourth-order valence-corrected chi connectivity index (χ4v) is 3.46. The zero-order valence-corrected chi connectivity index (χ0v) is 14.8. The smallest absolute Gasteiger partial charge is 0.265 e. The zero-order chi connectivity index (χ0) is 16.2. The average Bonchev–Trinajstić information content (AvgIpc) is 2.36. The molecule has 21 heavy (non-hydrogen) atoms. The lowest BCUT2D eigenvalue weighted by Gasteiger charge is -2.14. The molecule has 0 saturated carbocycles. The SMILES string of the molecule is COCC(C)NC(=O)c1cc(Br)c(OC)c(S(=O)(=O)Cl)c1. The van der Waals surface area contributed by atoms with Crippen molar-refractivity contribution < 1.29 is 22.7 Å². The molecule has 1 aromatic carbocycles. The highest BCUT2D eigenvalue weighted by molar-refractivity contribution is 9.10. The van der Waals surface area contributed by atoms with E-state index in [1.165, 1.54) is 26.4 Å². The van der Waals surface area contributed by atoms with E-state index in [0.717, 1.165) is 0 Å². The summed E-state index contributed by atoms with van der Waals surface area (Å²) in [5.74, 6) is -0.393. The van der Waals surface area contributed by atoms with E-state index < -0.39 is 15.0 Å². The fourth-order valence-electron chi connectivity index (χ4n) is 1.68. The lowest BCUT2D eigenvalue weighted by Crippen LogP contribution is -2.35. The second-order valence-corrected chi connectivity index (χ2v) is 7.65. The van der Waals surface area contributed by atoms with Crippen molar-refractivity contribution in [3.63, 3.8) is 0 Å². The second-order valence-electron chi connectivity index (χ2n) is 4.26. The van der Waals surface area contributed by atoms with Crippen molar-refractivity contribution in [2.45, 2.75) is 17.9 Å². The number of hydrogen-bond acceptors (Lipinski definition) is 5. The van der Waals surface area contributed by atoms with E-state index in [9.17, 15) is 13.2 Å². The minimum absolute atomic E-state index is 0.0477. The van der Waals surface area contributed by atoms with E-state index in [1.807, 2.05) is 0 Å². The highest BCUT2D eigenvalue weighted by Gasteiger charge is 2.23. The van der Waals surface area contributed by atoms with Crippen LogP contribution in [-0.2, 0) is 13.8 Å². The number of benzene rings is 1. The summed E-state index contributed by atoms with van der Waals surface area (Å²) in [5, 5.41) is 2.68. The Morgan fingerprint density at radius 1 is 1.43 bits per heavy atom. The van der Waals surface area contributed by atoms with Gasteiger partial charge in [-0.2, -0.15) is 0 Å². The number of rotatable bonds is 6. The van der Waals surface area contributed by atoms with Crippen LogP contribution >= 0.6 is 26.6 Å². The van der Waals surface area contributed by atoms with E-state index in [0.29, 0.717) is 11.1 Å². The van der Waals surface area contributed by atoms with E-state index in [1.54, 1.807) is 6.92 Å². The van der Waals surface area contributed by atoms with Gasteiger partial charge >= 0.3 is 0 Å². The van der Waals surface area contributed by atoms with Gasteiger partial charge in [-0.15, -0.1) is 0 Å². The normalized spacial score (nSPS) is 12.8. The van der Waals surface area contributed by atoms with Gasteiger partial charge in [-0.1, -0.05) is 0 Å². The molecular weight excluding hydrogens is 386 g/mol. The molecule has 0 aromatic heterocycles. The largest absolute Gasteiger partial charge is 0.494 e. The fraction of sp³-hybridized carbons (Fsp3) is 0.417. The van der Waals surface area contributed by atoms with Crippen molar-refractivity contribution in [3.8, 4) is 5.75 Å². The number of carbonyl (C=O) groups excluding carboxylic acids is 1. The van der Waals surface area contributed by atoms with Crippen molar-refractivity contribution in [2.75, 3.05) is 20.8 Å². The molecule has 0 fully saturated rings. The molecule has 0 aliphatic rings. The second kappa shape index (κ2) is 7.44. The highest BCUT2D eigenvalue weighted by atomic mass is 79.9. The number of hydrogen-bond donors (Lipinski definition) is 1. The minimum Gasteiger partial charge on any atom is -0.494 e. The van der Waals surface area contributed by atoms with E-state index >= 15 is 0 Å². The third-order valence-electron chi connectivity index (χ3n) is 2.53. The van der Waals surface area contributed by atoms with Crippen molar-refractivity contribution in [3.05, 3.63) is 22.2 Å². The molecule has 1 rings (SSSR count). The van der Waals surface area contributed by atoms with Crippen LogP contribution in [0.4, 0.5) is 0 Å². The first-order valence-electron chi connectivity index (χ1n) is 5.82. The van der Waals surface area contributed by atoms with Crippen LogP contribution in [0.25, 0.3) is 0 Å². The molecule has 0 heterocycles. The Hall–Kier alpha value is -0.830. The topological polar surface area (TPSA) is 81.7 Å². The van der Waals surface area contributed by atoms with Gasteiger partial charge in [0.25, 0.3) is 15.0 Å². The number of carbonyl (C=O) groups is 1. The quantitative estimate of drug-likeness (QED) is 0.740. The number of amides is 1. The van der Waals surface area contributed by atoms with Crippen LogP contribution in [0.3, 0.4) is 0 Å². The van der Waals surface area contributed by atoms with Gasteiger partial charge in [0, 0.05) is 29.4 Å². The molecule has 0 aliphatic carbocycles. The monoisotopic (exact) mass is 399 g/mol. The van der Waals surface area contributed by atoms with Crippen LogP contribution in [0.5, 0.6) is 5.75 Å². The molecule has 0 spiro atoms. The molecular formula is C12H15BrClNO5S. The summed E-state index contributed by atoms with van der Waals surface area (Å²) < 4.78 is 33.4. The van der Waals surface area contributed by atoms with Crippen molar-refractivity contribution in [1.29, 1.82) is 0 Å². The Kier molecular flexibility index (Phi) is 6.45. The van der Waals surface area contributed by atoms with Crippen LogP contribution in [-0.4, -0.2) is 41.2 Å². The molecule has 0 aliphatic heterocycles. The first-order chi connectivity index (χ1) is 9.70. The van der Waals surface area contributed by atoms with E-state index in [-0.39, 0.29) is 22.3 Å². The Morgan fingerprint density at radius 2 is 2.05 bits per heavy atom. The summed E-state index contributed by atoms with van der Waals surface area (Å²) in [6, 6.07) is 2.40. The molecule has 118 valence electrons. The van der Waals surface area contributed by atoms with Crippen LogP contribution in [0.1, 0.15) is 17.3 Å². The standard InChI is InChI=1S/C12H15BrClNO5S/c1-7(6-19-2)15-12(16)8-4-9(13)11(20-3)10(5-8)21(14,17)18/h4-5,7H,6H2,1-3H3,(H,15,16). The van der Waals surface area contributed by atoms with Crippen molar-refractivity contribution in [2.24, 2.45) is 0 Å². The number of ether oxygens (including phenoxy) is 2. The molecule has 6 nitrogen and oxygen atoms in total. The summed E-state index contributed by atoms with van der Waals surface area (Å²) in [7, 11) is 4.15. The number of methoxy groups -OCH3 is 2. The van der Waals surface area contributed by atoms with Gasteiger partial charge in [0.05, 0.1) is 18.2 Å². The van der Waals surface area contributed by atoms with Gasteiger partial charge in [-0.05, 0) is 35.0 Å². The number of halogens is 2. The summed E-state index contributed by atoms with van der Waals surface area (Å²) >= 11 is 3.16. The van der Waals surface area contributed by atoms with Gasteiger partial charge in [0.15, 0.2) is 5.75 Å². The third kappa shape index (κ3) is 4.84. The molecule has 0 saturated heterocycles. The predicted octanol–water partition coefficient (Wildman–Crippen LogP) is 2.15. The molecule has 9 heteroatoms. The summed E-state index contributed by atoms with van der Waals surface area (Å²) in [6.07, 6.45) is 0. The van der Waals surface area contributed by atoms with E-state index in [2.05, 4.69) is 21.2 Å². The zero-order valence-electron chi connectivity index (χ0n) is 11.6. The average molecular weight is 401 g/mol. The number of nitrogens with one attached hydrogen (secondary N) is 1. The maximum absolute atomic E-state index is 12.1. The molecule has 1 aromatic rings. The highest BCUT2D eigenvalue weighted by Crippen LogP contribution is 2.35. The maximum atomic E-state index is 12.1. The summed E-state index contributed by atoms with van der Waals surface area (Å²) in [4.78, 5) is 11.8. The van der Waals surface area contributed by atoms with Gasteiger partial charge in [-0.25, -0.2) is 8.42 Å². The molecule has 1 amide bonds. The van der Waals surface area contributed by atoms with Crippen LogP contribution < -0.4 is 10.1 Å². The van der Waals surface area contributed by atoms with Gasteiger partial charge in [0.1, 0.15) is 4.90 Å². The molecule has 0 radical (unpaired) electrons. The van der Waals surface area contributed by atoms with Gasteiger partial charge in [0.2, 0.25) is 0 Å². The van der Waals surface area contributed by atoms with E-state index in [4.69, 9.17) is 20.2 Å². The summed E-state index contributed by atoms with van der Waals surface area (Å²) in [6.45, 7) is 2.10.